The van der Waals surface area contributed by atoms with Gasteiger partial charge in [0, 0.05) is 31.1 Å². The van der Waals surface area contributed by atoms with E-state index >= 15 is 0 Å². The topological polar surface area (TPSA) is 101 Å². The van der Waals surface area contributed by atoms with Gasteiger partial charge in [0.25, 0.3) is 5.91 Å². The molecule has 1 N–H and O–H groups in total. The van der Waals surface area contributed by atoms with E-state index in [0.717, 1.165) is 5.56 Å². The van der Waals surface area contributed by atoms with E-state index in [1.54, 1.807) is 23.2 Å². The second kappa shape index (κ2) is 8.52. The van der Waals surface area contributed by atoms with E-state index in [1.165, 1.54) is 0 Å². The number of ether oxygens (including phenoxy) is 1. The minimum absolute atomic E-state index is 0.0207. The van der Waals surface area contributed by atoms with Gasteiger partial charge in [-0.3, -0.25) is 14.3 Å². The van der Waals surface area contributed by atoms with Gasteiger partial charge in [-0.2, -0.15) is 0 Å². The van der Waals surface area contributed by atoms with E-state index in [-0.39, 0.29) is 17.7 Å². The van der Waals surface area contributed by atoms with Gasteiger partial charge in [0.1, 0.15) is 5.56 Å². The molecular weight excluding hydrogens is 384 g/mol. The first-order valence-corrected chi connectivity index (χ1v) is 10.0. The Hall–Kier alpha value is -3.42. The lowest BCUT2D eigenvalue weighted by Crippen LogP contribution is -2.29. The van der Waals surface area contributed by atoms with Crippen LogP contribution in [0.1, 0.15) is 47.4 Å². The highest BCUT2D eigenvalue weighted by Gasteiger charge is 2.40. The van der Waals surface area contributed by atoms with E-state index in [9.17, 15) is 9.59 Å². The predicted molar refractivity (Wildman–Crippen MR) is 110 cm³/mol. The molecule has 0 aliphatic carbocycles. The van der Waals surface area contributed by atoms with Crippen LogP contribution in [0.2, 0.25) is 0 Å². The summed E-state index contributed by atoms with van der Waals surface area (Å²) >= 11 is 0. The summed E-state index contributed by atoms with van der Waals surface area (Å²) in [5.74, 6) is 0.149. The van der Waals surface area contributed by atoms with Gasteiger partial charge >= 0.3 is 5.76 Å². The SMILES string of the molecule is CC(C)COc1ncccc1C(=O)N1C[C@H](c2ccccc2)[C@@H](c2noc(=O)[nH]2)C1. The molecule has 3 heterocycles. The fourth-order valence-corrected chi connectivity index (χ4v) is 3.77. The van der Waals surface area contributed by atoms with Crippen molar-refractivity contribution in [2.75, 3.05) is 19.7 Å². The molecule has 0 spiro atoms. The normalized spacial score (nSPS) is 18.7. The average Bonchev–Trinajstić information content (AvgIpc) is 3.39. The molecule has 1 aliphatic rings. The Morgan fingerprint density at radius 2 is 1.97 bits per heavy atom. The number of aromatic nitrogens is 3. The number of rotatable bonds is 6. The molecule has 2 atom stereocenters. The number of pyridine rings is 1. The molecule has 156 valence electrons. The lowest BCUT2D eigenvalue weighted by Gasteiger charge is -2.18. The number of hydrogen-bond acceptors (Lipinski definition) is 6. The number of H-pyrrole nitrogens is 1. The minimum Gasteiger partial charge on any atom is -0.477 e. The predicted octanol–water partition coefficient (Wildman–Crippen LogP) is 2.82. The highest BCUT2D eigenvalue weighted by atomic mass is 16.5. The monoisotopic (exact) mass is 408 g/mol. The number of carbonyl (C=O) groups is 1. The maximum Gasteiger partial charge on any atom is 0.438 e. The number of hydrogen-bond donors (Lipinski definition) is 1. The van der Waals surface area contributed by atoms with Crippen molar-refractivity contribution in [1.82, 2.24) is 20.0 Å². The van der Waals surface area contributed by atoms with E-state index in [1.807, 2.05) is 44.2 Å². The Labute approximate surface area is 173 Å². The highest BCUT2D eigenvalue weighted by Crippen LogP contribution is 2.39. The minimum atomic E-state index is -0.599. The first-order valence-electron chi connectivity index (χ1n) is 10.0. The summed E-state index contributed by atoms with van der Waals surface area (Å²) in [6.07, 6.45) is 1.62. The van der Waals surface area contributed by atoms with Crippen LogP contribution in [0.5, 0.6) is 5.88 Å². The zero-order chi connectivity index (χ0) is 21.1. The molecule has 1 fully saturated rings. The first kappa shape index (κ1) is 19.9. The molecule has 8 heteroatoms. The summed E-state index contributed by atoms with van der Waals surface area (Å²) in [5, 5.41) is 3.89. The van der Waals surface area contributed by atoms with Crippen LogP contribution in [0.25, 0.3) is 0 Å². The molecule has 1 saturated heterocycles. The van der Waals surface area contributed by atoms with Crippen LogP contribution < -0.4 is 10.5 Å². The molecule has 8 nitrogen and oxygen atoms in total. The standard InChI is InChI=1S/C22H24N4O4/c1-14(2)13-29-20-16(9-6-10-23-20)21(27)26-11-17(15-7-4-3-5-8-15)18(12-26)19-24-22(28)30-25-19/h3-10,14,17-18H,11-13H2,1-2H3,(H,24,25,28)/t17-,18+/m1/s1. The first-order chi connectivity index (χ1) is 14.5. The fourth-order valence-electron chi connectivity index (χ4n) is 3.77. The van der Waals surface area contributed by atoms with Crippen LogP contribution >= 0.6 is 0 Å². The number of carbonyl (C=O) groups excluding carboxylic acids is 1. The Morgan fingerprint density at radius 1 is 1.20 bits per heavy atom. The zero-order valence-electron chi connectivity index (χ0n) is 16.9. The van der Waals surface area contributed by atoms with Crippen molar-refractivity contribution in [1.29, 1.82) is 0 Å². The van der Waals surface area contributed by atoms with Gasteiger partial charge in [0.2, 0.25) is 5.88 Å². The second-order valence-corrected chi connectivity index (χ2v) is 7.88. The van der Waals surface area contributed by atoms with Crippen molar-refractivity contribution in [3.05, 3.63) is 76.2 Å². The molecule has 0 bridgehead atoms. The molecule has 3 aromatic rings. The van der Waals surface area contributed by atoms with Gasteiger partial charge < -0.3 is 9.64 Å². The lowest BCUT2D eigenvalue weighted by atomic mass is 9.88. The maximum atomic E-state index is 13.4. The fraction of sp³-hybridized carbons (Fsp3) is 0.364. The third-order valence-electron chi connectivity index (χ3n) is 5.20. The van der Waals surface area contributed by atoms with E-state index in [2.05, 4.69) is 15.1 Å². The largest absolute Gasteiger partial charge is 0.477 e. The quantitative estimate of drug-likeness (QED) is 0.673. The summed E-state index contributed by atoms with van der Waals surface area (Å²) in [6, 6.07) is 13.4. The smallest absolute Gasteiger partial charge is 0.438 e. The molecule has 1 aromatic carbocycles. The van der Waals surface area contributed by atoms with Crippen LogP contribution in [0.4, 0.5) is 0 Å². The summed E-state index contributed by atoms with van der Waals surface area (Å²) < 4.78 is 10.5. The number of nitrogens with one attached hydrogen (secondary N) is 1. The molecule has 0 radical (unpaired) electrons. The molecule has 1 amide bonds. The number of benzene rings is 1. The van der Waals surface area contributed by atoms with Crippen LogP contribution in [-0.2, 0) is 0 Å². The molecule has 0 unspecified atom stereocenters. The number of likely N-dealkylation sites (tertiary alicyclic amines) is 1. The van der Waals surface area contributed by atoms with Crippen molar-refractivity contribution in [2.45, 2.75) is 25.7 Å². The van der Waals surface area contributed by atoms with Crippen LogP contribution in [-0.4, -0.2) is 45.6 Å². The van der Waals surface area contributed by atoms with Crippen LogP contribution in [0.3, 0.4) is 0 Å². The third kappa shape index (κ3) is 4.12. The Balaban J connectivity index is 1.62. The summed E-state index contributed by atoms with van der Waals surface area (Å²) in [7, 11) is 0. The summed E-state index contributed by atoms with van der Waals surface area (Å²) in [5.41, 5.74) is 1.50. The number of aromatic amines is 1. The van der Waals surface area contributed by atoms with Gasteiger partial charge in [-0.1, -0.05) is 49.3 Å². The van der Waals surface area contributed by atoms with Gasteiger partial charge in [0.05, 0.1) is 6.61 Å². The van der Waals surface area contributed by atoms with Gasteiger partial charge in [0.15, 0.2) is 5.82 Å². The molecular formula is C22H24N4O4. The maximum absolute atomic E-state index is 13.4. The molecule has 0 saturated carbocycles. The Morgan fingerprint density at radius 3 is 2.67 bits per heavy atom. The highest BCUT2D eigenvalue weighted by molar-refractivity contribution is 5.96. The van der Waals surface area contributed by atoms with E-state index in [4.69, 9.17) is 9.26 Å². The van der Waals surface area contributed by atoms with Crippen molar-refractivity contribution < 1.29 is 14.1 Å². The molecule has 2 aromatic heterocycles. The van der Waals surface area contributed by atoms with Crippen molar-refractivity contribution >= 4 is 5.91 Å². The van der Waals surface area contributed by atoms with Crippen LogP contribution in [0.15, 0.2) is 58.0 Å². The van der Waals surface area contributed by atoms with Gasteiger partial charge in [-0.05, 0) is 23.6 Å². The van der Waals surface area contributed by atoms with Crippen LogP contribution in [0, 0.1) is 5.92 Å². The van der Waals surface area contributed by atoms with Gasteiger partial charge in [-0.15, -0.1) is 0 Å². The third-order valence-corrected chi connectivity index (χ3v) is 5.20. The Kier molecular flexibility index (Phi) is 5.65. The van der Waals surface area contributed by atoms with Gasteiger partial charge in [-0.25, -0.2) is 9.78 Å². The molecule has 4 rings (SSSR count). The summed E-state index contributed by atoms with van der Waals surface area (Å²) in [4.78, 5) is 33.5. The second-order valence-electron chi connectivity index (χ2n) is 7.88. The Bertz CT molecular complexity index is 1060. The van der Waals surface area contributed by atoms with Crippen molar-refractivity contribution in [2.24, 2.45) is 5.92 Å². The van der Waals surface area contributed by atoms with Crippen molar-refractivity contribution in [3.8, 4) is 5.88 Å². The average molecular weight is 408 g/mol. The molecule has 1 aliphatic heterocycles. The van der Waals surface area contributed by atoms with Crippen molar-refractivity contribution in [3.63, 3.8) is 0 Å². The number of amides is 1. The van der Waals surface area contributed by atoms with E-state index in [0.29, 0.717) is 42.9 Å². The summed E-state index contributed by atoms with van der Waals surface area (Å²) in [6.45, 7) is 5.45. The van der Waals surface area contributed by atoms with E-state index < -0.39 is 5.76 Å². The molecule has 30 heavy (non-hydrogen) atoms. The lowest BCUT2D eigenvalue weighted by molar-refractivity contribution is 0.0782. The zero-order valence-corrected chi connectivity index (χ0v) is 16.9. The number of nitrogens with zero attached hydrogens (tertiary/aromatic N) is 3.